The first kappa shape index (κ1) is 17.7. The van der Waals surface area contributed by atoms with Gasteiger partial charge in [0, 0.05) is 35.7 Å². The van der Waals surface area contributed by atoms with Crippen molar-refractivity contribution in [2.24, 2.45) is 5.73 Å². The van der Waals surface area contributed by atoms with Crippen LogP contribution in [0.15, 0.2) is 48.7 Å². The number of benzene rings is 2. The molecular weight excluding hydrogens is 348 g/mol. The average molecular weight is 377 g/mol. The van der Waals surface area contributed by atoms with Crippen molar-refractivity contribution in [2.75, 3.05) is 20.1 Å². The highest BCUT2D eigenvalue weighted by Crippen LogP contribution is 2.42. The molecule has 1 aromatic heterocycles. The summed E-state index contributed by atoms with van der Waals surface area (Å²) in [6, 6.07) is 14.7. The number of piperidine rings is 1. The van der Waals surface area contributed by atoms with Gasteiger partial charge in [0.15, 0.2) is 0 Å². The van der Waals surface area contributed by atoms with Gasteiger partial charge in [0.1, 0.15) is 5.75 Å². The van der Waals surface area contributed by atoms with Gasteiger partial charge in [-0.15, -0.1) is 0 Å². The second-order valence-electron chi connectivity index (χ2n) is 8.43. The van der Waals surface area contributed by atoms with Gasteiger partial charge in [-0.1, -0.05) is 24.3 Å². The highest BCUT2D eigenvalue weighted by Gasteiger charge is 2.50. The third-order valence-electron chi connectivity index (χ3n) is 6.84. The zero-order chi connectivity index (χ0) is 19.3. The van der Waals surface area contributed by atoms with Gasteiger partial charge >= 0.3 is 0 Å². The van der Waals surface area contributed by atoms with E-state index >= 15 is 0 Å². The van der Waals surface area contributed by atoms with Crippen molar-refractivity contribution >= 4 is 10.9 Å². The number of nitrogens with zero attached hydrogens (tertiary/aromatic N) is 1. The molecule has 2 heterocycles. The molecule has 1 aliphatic carbocycles. The van der Waals surface area contributed by atoms with E-state index in [0.717, 1.165) is 37.9 Å². The van der Waals surface area contributed by atoms with Crippen molar-refractivity contribution in [3.8, 4) is 5.75 Å². The predicted molar refractivity (Wildman–Crippen MR) is 113 cm³/mol. The first-order valence-electron chi connectivity index (χ1n) is 10.2. The molecule has 2 aromatic carbocycles. The van der Waals surface area contributed by atoms with Gasteiger partial charge in [-0.2, -0.15) is 0 Å². The molecule has 5 heteroatoms. The summed E-state index contributed by atoms with van der Waals surface area (Å²) in [7, 11) is 2.20. The monoisotopic (exact) mass is 376 g/mol. The number of para-hydroxylation sites is 1. The molecule has 0 amide bonds. The Kier molecular flexibility index (Phi) is 4.19. The molecule has 5 N–H and O–H groups in total. The largest absolute Gasteiger partial charge is 0.508 e. The van der Waals surface area contributed by atoms with Gasteiger partial charge in [0.2, 0.25) is 0 Å². The summed E-state index contributed by atoms with van der Waals surface area (Å²) >= 11 is 0. The van der Waals surface area contributed by atoms with Crippen LogP contribution in [0.3, 0.4) is 0 Å². The highest BCUT2D eigenvalue weighted by molar-refractivity contribution is 5.83. The molecule has 28 heavy (non-hydrogen) atoms. The quantitative estimate of drug-likeness (QED) is 0.564. The van der Waals surface area contributed by atoms with E-state index in [1.807, 2.05) is 12.1 Å². The number of hydrogen-bond acceptors (Lipinski definition) is 4. The van der Waals surface area contributed by atoms with Crippen LogP contribution in [0.2, 0.25) is 0 Å². The summed E-state index contributed by atoms with van der Waals surface area (Å²) in [5.41, 5.74) is 11.5. The first-order chi connectivity index (χ1) is 13.6. The summed E-state index contributed by atoms with van der Waals surface area (Å²) < 4.78 is 0. The zero-order valence-electron chi connectivity index (χ0n) is 16.3. The van der Waals surface area contributed by atoms with E-state index in [2.05, 4.69) is 52.7 Å². The van der Waals surface area contributed by atoms with Crippen molar-refractivity contribution in [1.82, 2.24) is 15.2 Å². The average Bonchev–Trinajstić information content (AvgIpc) is 3.10. The van der Waals surface area contributed by atoms with Crippen LogP contribution in [0.4, 0.5) is 0 Å². The molecule has 1 aliphatic heterocycles. The molecule has 1 saturated heterocycles. The fourth-order valence-electron chi connectivity index (χ4n) is 5.28. The molecule has 5 nitrogen and oxygen atoms in total. The Morgan fingerprint density at radius 1 is 1.29 bits per heavy atom. The number of aromatic amines is 1. The molecule has 3 atom stereocenters. The standard InChI is InChI=1S/C23H28N4O/c1-27-11-9-23(24)19-13-17(28)7-6-15(19)12-21(27)22(23)25-10-8-16-14-26-20-5-3-2-4-18(16)20/h2-7,13-14,21-22,25-26,28H,8-12,24H2,1H3/t21-,22-,23+/m1/s1. The van der Waals surface area contributed by atoms with Crippen molar-refractivity contribution in [1.29, 1.82) is 0 Å². The summed E-state index contributed by atoms with van der Waals surface area (Å²) in [6.07, 6.45) is 4.93. The number of aromatic hydroxyl groups is 1. The van der Waals surface area contributed by atoms with Crippen LogP contribution in [-0.2, 0) is 18.4 Å². The van der Waals surface area contributed by atoms with Gasteiger partial charge in [0.25, 0.3) is 0 Å². The molecular formula is C23H28N4O. The lowest BCUT2D eigenvalue weighted by Gasteiger charge is -2.54. The summed E-state index contributed by atoms with van der Waals surface area (Å²) in [6.45, 7) is 1.86. The number of nitrogens with one attached hydrogen (secondary N) is 2. The van der Waals surface area contributed by atoms with Gasteiger partial charge in [0.05, 0.1) is 5.54 Å². The Labute approximate surface area is 165 Å². The van der Waals surface area contributed by atoms with Crippen LogP contribution in [0.5, 0.6) is 5.75 Å². The van der Waals surface area contributed by atoms with Gasteiger partial charge < -0.3 is 26.0 Å². The summed E-state index contributed by atoms with van der Waals surface area (Å²) in [5, 5.41) is 15.1. The molecule has 0 unspecified atom stereocenters. The van der Waals surface area contributed by atoms with Crippen molar-refractivity contribution in [3.05, 3.63) is 65.4 Å². The van der Waals surface area contributed by atoms with Crippen LogP contribution >= 0.6 is 0 Å². The molecule has 146 valence electrons. The molecule has 1 fully saturated rings. The van der Waals surface area contributed by atoms with E-state index in [9.17, 15) is 5.11 Å². The number of likely N-dealkylation sites (N-methyl/N-ethyl adjacent to an activating group) is 1. The number of phenolic OH excluding ortho intramolecular Hbond substituents is 1. The fraction of sp³-hybridized carbons (Fsp3) is 0.391. The van der Waals surface area contributed by atoms with E-state index in [1.54, 1.807) is 6.07 Å². The normalized spacial score (nSPS) is 27.1. The van der Waals surface area contributed by atoms with Crippen LogP contribution in [0, 0.1) is 0 Å². The van der Waals surface area contributed by atoms with E-state index in [4.69, 9.17) is 5.73 Å². The third kappa shape index (κ3) is 2.73. The maximum atomic E-state index is 10.0. The van der Waals surface area contributed by atoms with Crippen LogP contribution in [0.1, 0.15) is 23.1 Å². The van der Waals surface area contributed by atoms with E-state index in [0.29, 0.717) is 11.8 Å². The van der Waals surface area contributed by atoms with E-state index in [1.165, 1.54) is 22.0 Å². The number of fused-ring (bicyclic) bond motifs is 5. The maximum absolute atomic E-state index is 10.0. The molecule has 0 radical (unpaired) electrons. The number of likely N-dealkylation sites (tertiary alicyclic amines) is 1. The maximum Gasteiger partial charge on any atom is 0.115 e. The molecule has 2 bridgehead atoms. The van der Waals surface area contributed by atoms with E-state index in [-0.39, 0.29) is 6.04 Å². The lowest BCUT2D eigenvalue weighted by molar-refractivity contribution is 0.0600. The summed E-state index contributed by atoms with van der Waals surface area (Å²) in [5.74, 6) is 0.304. The Hall–Kier alpha value is -2.34. The van der Waals surface area contributed by atoms with Gasteiger partial charge in [-0.3, -0.25) is 0 Å². The van der Waals surface area contributed by atoms with Crippen LogP contribution in [-0.4, -0.2) is 47.2 Å². The Balaban J connectivity index is 1.39. The summed E-state index contributed by atoms with van der Waals surface area (Å²) in [4.78, 5) is 5.80. The Morgan fingerprint density at radius 2 is 2.14 bits per heavy atom. The number of rotatable bonds is 4. The van der Waals surface area contributed by atoms with Crippen LogP contribution < -0.4 is 11.1 Å². The predicted octanol–water partition coefficient (Wildman–Crippen LogP) is 2.49. The molecule has 3 aromatic rings. The molecule has 5 rings (SSSR count). The minimum atomic E-state index is -0.441. The smallest absolute Gasteiger partial charge is 0.115 e. The molecule has 0 saturated carbocycles. The topological polar surface area (TPSA) is 77.3 Å². The number of aromatic nitrogens is 1. The first-order valence-corrected chi connectivity index (χ1v) is 10.2. The minimum Gasteiger partial charge on any atom is -0.508 e. The fourth-order valence-corrected chi connectivity index (χ4v) is 5.28. The SMILES string of the molecule is CN1CC[C@]2(N)c3cc(O)ccc3C[C@@H]1[C@H]2NCCc1c[nH]c2ccccc12. The zero-order valence-corrected chi connectivity index (χ0v) is 16.3. The number of nitrogens with two attached hydrogens (primary N) is 1. The van der Waals surface area contributed by atoms with Crippen LogP contribution in [0.25, 0.3) is 10.9 Å². The Morgan fingerprint density at radius 3 is 3.04 bits per heavy atom. The second kappa shape index (κ2) is 6.62. The second-order valence-corrected chi connectivity index (χ2v) is 8.43. The highest BCUT2D eigenvalue weighted by atomic mass is 16.3. The minimum absolute atomic E-state index is 0.172. The third-order valence-corrected chi connectivity index (χ3v) is 6.84. The van der Waals surface area contributed by atoms with Gasteiger partial charge in [-0.05, 0) is 67.7 Å². The lowest BCUT2D eigenvalue weighted by atomic mass is 9.66. The Bertz CT molecular complexity index is 1010. The number of hydrogen-bond donors (Lipinski definition) is 4. The number of H-pyrrole nitrogens is 1. The molecule has 0 spiro atoms. The van der Waals surface area contributed by atoms with Gasteiger partial charge in [-0.25, -0.2) is 0 Å². The van der Waals surface area contributed by atoms with Crippen molar-refractivity contribution in [2.45, 2.75) is 36.9 Å². The lowest BCUT2D eigenvalue weighted by Crippen LogP contribution is -2.70. The van der Waals surface area contributed by atoms with E-state index < -0.39 is 5.54 Å². The van der Waals surface area contributed by atoms with Crippen molar-refractivity contribution in [3.63, 3.8) is 0 Å². The molecule has 2 aliphatic rings. The number of phenols is 1. The van der Waals surface area contributed by atoms with Crippen molar-refractivity contribution < 1.29 is 5.11 Å².